The van der Waals surface area contributed by atoms with Crippen molar-refractivity contribution in [3.05, 3.63) is 52.4 Å². The second-order valence-electron chi connectivity index (χ2n) is 4.35. The first kappa shape index (κ1) is 13.0. The van der Waals surface area contributed by atoms with Crippen molar-refractivity contribution in [3.8, 4) is 0 Å². The minimum absolute atomic E-state index is 0.505. The molecule has 3 nitrogen and oxygen atoms in total. The lowest BCUT2D eigenvalue weighted by Crippen LogP contribution is -2.17. The predicted molar refractivity (Wildman–Crippen MR) is 74.9 cm³/mol. The van der Waals surface area contributed by atoms with Gasteiger partial charge < -0.3 is 15.1 Å². The Bertz CT molecular complexity index is 536. The summed E-state index contributed by atoms with van der Waals surface area (Å²) in [4.78, 5) is 2.10. The Morgan fingerprint density at radius 2 is 2.11 bits per heavy atom. The molecule has 0 saturated carbocycles. The summed E-state index contributed by atoms with van der Waals surface area (Å²) in [6.07, 6.45) is 1.71. The topological polar surface area (TPSA) is 42.4 Å². The Labute approximate surface area is 112 Å². The smallest absolute Gasteiger partial charge is 0.105 e. The van der Waals surface area contributed by atoms with Gasteiger partial charge in [-0.3, -0.25) is 0 Å². The molecule has 1 aromatic heterocycles. The summed E-state index contributed by atoms with van der Waals surface area (Å²) in [5, 5.41) is 0.724. The molecule has 1 heterocycles. The van der Waals surface area contributed by atoms with Gasteiger partial charge in [0.2, 0.25) is 0 Å². The van der Waals surface area contributed by atoms with E-state index in [2.05, 4.69) is 4.90 Å². The van der Waals surface area contributed by atoms with E-state index < -0.39 is 0 Å². The van der Waals surface area contributed by atoms with Gasteiger partial charge in [0.25, 0.3) is 0 Å². The van der Waals surface area contributed by atoms with Gasteiger partial charge in [-0.2, -0.15) is 0 Å². The van der Waals surface area contributed by atoms with Crippen LogP contribution in [0.15, 0.2) is 34.9 Å². The molecular weight excluding hydrogens is 248 g/mol. The molecule has 0 unspecified atom stereocenters. The SMILES string of the molecule is Cc1occc1CN(C)c1ccc(CN)cc1Cl. The van der Waals surface area contributed by atoms with Gasteiger partial charge >= 0.3 is 0 Å². The second kappa shape index (κ2) is 5.46. The van der Waals surface area contributed by atoms with Crippen molar-refractivity contribution >= 4 is 17.3 Å². The lowest BCUT2D eigenvalue weighted by Gasteiger charge is -2.20. The zero-order valence-electron chi connectivity index (χ0n) is 10.6. The Kier molecular flexibility index (Phi) is 3.94. The van der Waals surface area contributed by atoms with E-state index in [0.29, 0.717) is 6.54 Å². The third-order valence-corrected chi connectivity index (χ3v) is 3.34. The largest absolute Gasteiger partial charge is 0.469 e. The molecule has 0 amide bonds. The van der Waals surface area contributed by atoms with E-state index in [1.54, 1.807) is 6.26 Å². The normalized spacial score (nSPS) is 10.7. The molecule has 1 aromatic carbocycles. The van der Waals surface area contributed by atoms with Crippen LogP contribution in [0.25, 0.3) is 0 Å². The van der Waals surface area contributed by atoms with Crippen molar-refractivity contribution in [3.63, 3.8) is 0 Å². The molecule has 0 saturated heterocycles. The lowest BCUT2D eigenvalue weighted by molar-refractivity contribution is 0.529. The monoisotopic (exact) mass is 264 g/mol. The van der Waals surface area contributed by atoms with Gasteiger partial charge in [-0.25, -0.2) is 0 Å². The summed E-state index contributed by atoms with van der Waals surface area (Å²) >= 11 is 6.26. The van der Waals surface area contributed by atoms with Gasteiger partial charge in [0, 0.05) is 25.7 Å². The van der Waals surface area contributed by atoms with Crippen LogP contribution in [0.1, 0.15) is 16.9 Å². The molecule has 96 valence electrons. The Morgan fingerprint density at radius 3 is 2.67 bits per heavy atom. The Balaban J connectivity index is 2.19. The van der Waals surface area contributed by atoms with Crippen LogP contribution in [0, 0.1) is 6.92 Å². The maximum absolute atomic E-state index is 6.26. The van der Waals surface area contributed by atoms with E-state index in [0.717, 1.165) is 34.1 Å². The standard InChI is InChI=1S/C14H17ClN2O/c1-10-12(5-6-18-10)9-17(2)14-4-3-11(8-16)7-13(14)15/h3-7H,8-9,16H2,1-2H3. The number of rotatable bonds is 4. The van der Waals surface area contributed by atoms with E-state index in [1.165, 1.54) is 0 Å². The van der Waals surface area contributed by atoms with Gasteiger partial charge in [0.05, 0.1) is 17.0 Å². The number of halogens is 1. The van der Waals surface area contributed by atoms with E-state index in [1.807, 2.05) is 38.2 Å². The van der Waals surface area contributed by atoms with E-state index in [-0.39, 0.29) is 0 Å². The molecule has 0 spiro atoms. The molecule has 0 aliphatic carbocycles. The fourth-order valence-electron chi connectivity index (χ4n) is 1.90. The number of hydrogen-bond acceptors (Lipinski definition) is 3. The molecule has 0 radical (unpaired) electrons. The summed E-state index contributed by atoms with van der Waals surface area (Å²) in [5.41, 5.74) is 8.79. The summed E-state index contributed by atoms with van der Waals surface area (Å²) in [6, 6.07) is 7.89. The Hall–Kier alpha value is -1.45. The van der Waals surface area contributed by atoms with E-state index >= 15 is 0 Å². The average molecular weight is 265 g/mol. The maximum atomic E-state index is 6.26. The van der Waals surface area contributed by atoms with Crippen molar-refractivity contribution < 1.29 is 4.42 Å². The molecule has 0 atom stereocenters. The number of nitrogens with two attached hydrogens (primary N) is 1. The first-order valence-corrected chi connectivity index (χ1v) is 6.22. The summed E-state index contributed by atoms with van der Waals surface area (Å²) < 4.78 is 5.29. The average Bonchev–Trinajstić information content (AvgIpc) is 2.74. The fourth-order valence-corrected chi connectivity index (χ4v) is 2.25. The maximum Gasteiger partial charge on any atom is 0.105 e. The predicted octanol–water partition coefficient (Wildman–Crippen LogP) is 3.34. The van der Waals surface area contributed by atoms with Crippen LogP contribution in [0.4, 0.5) is 5.69 Å². The van der Waals surface area contributed by atoms with Crippen molar-refractivity contribution in [1.29, 1.82) is 0 Å². The molecule has 2 N–H and O–H groups in total. The lowest BCUT2D eigenvalue weighted by atomic mass is 10.2. The number of furan rings is 1. The molecule has 0 fully saturated rings. The van der Waals surface area contributed by atoms with E-state index in [9.17, 15) is 0 Å². The van der Waals surface area contributed by atoms with E-state index in [4.69, 9.17) is 21.8 Å². The highest BCUT2D eigenvalue weighted by molar-refractivity contribution is 6.33. The summed E-state index contributed by atoms with van der Waals surface area (Å²) in [6.45, 7) is 3.23. The number of hydrogen-bond donors (Lipinski definition) is 1. The van der Waals surface area contributed by atoms with Crippen molar-refractivity contribution in [1.82, 2.24) is 0 Å². The van der Waals surface area contributed by atoms with Crippen LogP contribution in [0.2, 0.25) is 5.02 Å². The third kappa shape index (κ3) is 2.68. The quantitative estimate of drug-likeness (QED) is 0.921. The minimum atomic E-state index is 0.505. The van der Waals surface area contributed by atoms with Crippen LogP contribution in [0.5, 0.6) is 0 Å². The second-order valence-corrected chi connectivity index (χ2v) is 4.76. The first-order chi connectivity index (χ1) is 8.61. The molecule has 2 rings (SSSR count). The third-order valence-electron chi connectivity index (χ3n) is 3.03. The van der Waals surface area contributed by atoms with Gasteiger partial charge in [0.1, 0.15) is 5.76 Å². The Morgan fingerprint density at radius 1 is 1.33 bits per heavy atom. The highest BCUT2D eigenvalue weighted by Gasteiger charge is 2.09. The molecule has 4 heteroatoms. The first-order valence-electron chi connectivity index (χ1n) is 5.84. The zero-order chi connectivity index (χ0) is 13.1. The zero-order valence-corrected chi connectivity index (χ0v) is 11.4. The summed E-state index contributed by atoms with van der Waals surface area (Å²) in [7, 11) is 2.01. The van der Waals surface area contributed by atoms with Crippen LogP contribution in [-0.2, 0) is 13.1 Å². The highest BCUT2D eigenvalue weighted by Crippen LogP contribution is 2.27. The number of aryl methyl sites for hydroxylation is 1. The molecule has 2 aromatic rings. The van der Waals surface area contributed by atoms with Gasteiger partial charge in [0.15, 0.2) is 0 Å². The number of nitrogens with zero attached hydrogens (tertiary/aromatic N) is 1. The fraction of sp³-hybridized carbons (Fsp3) is 0.286. The molecule has 0 aliphatic heterocycles. The van der Waals surface area contributed by atoms with Crippen LogP contribution in [-0.4, -0.2) is 7.05 Å². The minimum Gasteiger partial charge on any atom is -0.469 e. The molecule has 0 bridgehead atoms. The van der Waals surface area contributed by atoms with Crippen LogP contribution in [0.3, 0.4) is 0 Å². The van der Waals surface area contributed by atoms with Gasteiger partial charge in [-0.1, -0.05) is 17.7 Å². The number of anilines is 1. The number of benzene rings is 1. The van der Waals surface area contributed by atoms with Crippen molar-refractivity contribution in [2.24, 2.45) is 5.73 Å². The molecule has 18 heavy (non-hydrogen) atoms. The van der Waals surface area contributed by atoms with Gasteiger partial charge in [-0.15, -0.1) is 0 Å². The van der Waals surface area contributed by atoms with Crippen LogP contribution < -0.4 is 10.6 Å². The van der Waals surface area contributed by atoms with Crippen LogP contribution >= 0.6 is 11.6 Å². The molecule has 0 aliphatic rings. The summed E-state index contributed by atoms with van der Waals surface area (Å²) in [5.74, 6) is 0.941. The van der Waals surface area contributed by atoms with Gasteiger partial charge in [-0.05, 0) is 30.7 Å². The highest BCUT2D eigenvalue weighted by atomic mass is 35.5. The van der Waals surface area contributed by atoms with Crippen molar-refractivity contribution in [2.45, 2.75) is 20.0 Å². The molecular formula is C14H17ClN2O. The van der Waals surface area contributed by atoms with Crippen molar-refractivity contribution in [2.75, 3.05) is 11.9 Å².